The van der Waals surface area contributed by atoms with E-state index in [1.54, 1.807) is 6.08 Å². The summed E-state index contributed by atoms with van der Waals surface area (Å²) in [6.45, 7) is 10.2. The molecule has 4 nitrogen and oxygen atoms in total. The average Bonchev–Trinajstić information content (AvgIpc) is 2.94. The van der Waals surface area contributed by atoms with Crippen molar-refractivity contribution in [2.45, 2.75) is 32.7 Å². The fourth-order valence-electron chi connectivity index (χ4n) is 2.15. The summed E-state index contributed by atoms with van der Waals surface area (Å²) in [7, 11) is 0. The van der Waals surface area contributed by atoms with Crippen LogP contribution >= 0.6 is 0 Å². The van der Waals surface area contributed by atoms with E-state index in [1.807, 2.05) is 18.2 Å². The molecule has 1 aromatic rings. The van der Waals surface area contributed by atoms with Crippen molar-refractivity contribution in [1.29, 1.82) is 0 Å². The number of aliphatic imine (C=N–C) groups is 1. The van der Waals surface area contributed by atoms with Crippen LogP contribution in [0.15, 0.2) is 35.8 Å². The summed E-state index contributed by atoms with van der Waals surface area (Å²) in [6, 6.07) is 5.47. The molecule has 0 N–H and O–H groups in total. The molecule has 112 valence electrons. The molecule has 1 unspecified atom stereocenters. The van der Waals surface area contributed by atoms with Gasteiger partial charge in [-0.15, -0.1) is 0 Å². The molecule has 4 heteroatoms. The Hall–Kier alpha value is -2.10. The Morgan fingerprint density at radius 3 is 2.90 bits per heavy atom. The molecule has 0 aromatic heterocycles. The van der Waals surface area contributed by atoms with Crippen molar-refractivity contribution >= 4 is 11.7 Å². The summed E-state index contributed by atoms with van der Waals surface area (Å²) in [5.74, 6) is 1.72. The third-order valence-corrected chi connectivity index (χ3v) is 3.36. The van der Waals surface area contributed by atoms with Gasteiger partial charge in [-0.1, -0.05) is 26.5 Å². The topological polar surface area (TPSA) is 47.9 Å². The van der Waals surface area contributed by atoms with Crippen LogP contribution in [0.1, 0.15) is 37.8 Å². The highest BCUT2D eigenvalue weighted by Gasteiger charge is 2.24. The molecule has 0 aliphatic carbocycles. The van der Waals surface area contributed by atoms with Gasteiger partial charge in [0.05, 0.1) is 0 Å². The van der Waals surface area contributed by atoms with Crippen LogP contribution in [0.2, 0.25) is 0 Å². The number of ketones is 1. The van der Waals surface area contributed by atoms with Crippen LogP contribution in [0.5, 0.6) is 5.75 Å². The van der Waals surface area contributed by atoms with Gasteiger partial charge in [0.25, 0.3) is 0 Å². The fourth-order valence-corrected chi connectivity index (χ4v) is 2.15. The van der Waals surface area contributed by atoms with E-state index in [1.165, 1.54) is 6.92 Å². The molecule has 0 amide bonds. The Labute approximate surface area is 125 Å². The minimum absolute atomic E-state index is 0.0278. The van der Waals surface area contributed by atoms with E-state index in [9.17, 15) is 4.79 Å². The minimum atomic E-state index is -0.376. The second-order valence-electron chi connectivity index (χ2n) is 5.38. The van der Waals surface area contributed by atoms with Gasteiger partial charge >= 0.3 is 0 Å². The number of hydrogen-bond donors (Lipinski definition) is 0. The molecule has 0 bridgehead atoms. The lowest BCUT2D eigenvalue weighted by Gasteiger charge is -2.14. The first kappa shape index (κ1) is 15.3. The van der Waals surface area contributed by atoms with Crippen LogP contribution in [0.25, 0.3) is 0 Å². The van der Waals surface area contributed by atoms with E-state index in [-0.39, 0.29) is 11.8 Å². The molecule has 1 aliphatic rings. The first-order chi connectivity index (χ1) is 10.0. The quantitative estimate of drug-likeness (QED) is 0.755. The van der Waals surface area contributed by atoms with Crippen molar-refractivity contribution in [3.63, 3.8) is 0 Å². The Morgan fingerprint density at radius 1 is 1.57 bits per heavy atom. The van der Waals surface area contributed by atoms with E-state index >= 15 is 0 Å². The maximum Gasteiger partial charge on any atom is 0.217 e. The van der Waals surface area contributed by atoms with Crippen LogP contribution in [0.4, 0.5) is 0 Å². The van der Waals surface area contributed by atoms with E-state index in [4.69, 9.17) is 9.47 Å². The fraction of sp³-hybridized carbons (Fsp3) is 0.412. The molecule has 2 rings (SSSR count). The molecule has 21 heavy (non-hydrogen) atoms. The largest absolute Gasteiger partial charge is 0.489 e. The van der Waals surface area contributed by atoms with Crippen molar-refractivity contribution < 1.29 is 14.3 Å². The van der Waals surface area contributed by atoms with Crippen molar-refractivity contribution in [3.8, 4) is 5.75 Å². The highest BCUT2D eigenvalue weighted by atomic mass is 16.5. The van der Waals surface area contributed by atoms with Gasteiger partial charge in [-0.05, 0) is 36.6 Å². The summed E-state index contributed by atoms with van der Waals surface area (Å²) in [5, 5.41) is 0. The van der Waals surface area contributed by atoms with Gasteiger partial charge in [-0.2, -0.15) is 0 Å². The predicted molar refractivity (Wildman–Crippen MR) is 83.2 cm³/mol. The lowest BCUT2D eigenvalue weighted by atomic mass is 9.99. The summed E-state index contributed by atoms with van der Waals surface area (Å²) < 4.78 is 11.2. The maximum absolute atomic E-state index is 11.4. The number of rotatable bonds is 6. The van der Waals surface area contributed by atoms with Gasteiger partial charge in [-0.3, -0.25) is 4.79 Å². The Bertz CT molecular complexity index is 575. The van der Waals surface area contributed by atoms with Gasteiger partial charge in [0, 0.05) is 5.56 Å². The van der Waals surface area contributed by atoms with Crippen LogP contribution in [-0.2, 0) is 9.53 Å². The lowest BCUT2D eigenvalue weighted by molar-refractivity contribution is -0.118. The van der Waals surface area contributed by atoms with Crippen LogP contribution in [0.3, 0.4) is 0 Å². The van der Waals surface area contributed by atoms with Gasteiger partial charge in [0.15, 0.2) is 5.78 Å². The summed E-state index contributed by atoms with van der Waals surface area (Å²) in [4.78, 5) is 15.7. The number of carbonyl (C=O) groups excluding carboxylic acids is 1. The van der Waals surface area contributed by atoms with E-state index < -0.39 is 0 Å². The first-order valence-corrected chi connectivity index (χ1v) is 7.12. The van der Waals surface area contributed by atoms with Gasteiger partial charge in [-0.25, -0.2) is 4.99 Å². The monoisotopic (exact) mass is 287 g/mol. The number of nitrogens with zero attached hydrogens (tertiary/aromatic N) is 1. The summed E-state index contributed by atoms with van der Waals surface area (Å²) in [6.07, 6.45) is 1.72. The molecule has 0 saturated carbocycles. The minimum Gasteiger partial charge on any atom is -0.489 e. The normalized spacial score (nSPS) is 17.3. The molecule has 0 spiro atoms. The smallest absolute Gasteiger partial charge is 0.217 e. The van der Waals surface area contributed by atoms with E-state index in [2.05, 4.69) is 25.4 Å². The standard InChI is InChI=1S/C17H21NO3/c1-5-8-20-16-7-6-13(9-14(16)11(2)3)17-18-15(10-21-17)12(4)19/h5-7,9,11,15H,1,8,10H2,2-4H3. The van der Waals surface area contributed by atoms with E-state index in [0.717, 1.165) is 16.9 Å². The highest BCUT2D eigenvalue weighted by Crippen LogP contribution is 2.28. The number of hydrogen-bond acceptors (Lipinski definition) is 4. The number of carbonyl (C=O) groups is 1. The van der Waals surface area contributed by atoms with Crippen molar-refractivity contribution in [2.24, 2.45) is 4.99 Å². The molecule has 1 atom stereocenters. The molecular weight excluding hydrogens is 266 g/mol. The highest BCUT2D eigenvalue weighted by molar-refractivity contribution is 5.98. The predicted octanol–water partition coefficient (Wildman–Crippen LogP) is 3.11. The second kappa shape index (κ2) is 6.57. The summed E-state index contributed by atoms with van der Waals surface area (Å²) >= 11 is 0. The zero-order chi connectivity index (χ0) is 15.4. The van der Waals surface area contributed by atoms with E-state index in [0.29, 0.717) is 25.0 Å². The average molecular weight is 287 g/mol. The van der Waals surface area contributed by atoms with Gasteiger partial charge < -0.3 is 9.47 Å². The zero-order valence-electron chi connectivity index (χ0n) is 12.8. The lowest BCUT2D eigenvalue weighted by Crippen LogP contribution is -2.15. The molecular formula is C17H21NO3. The zero-order valence-corrected chi connectivity index (χ0v) is 12.8. The molecule has 1 aromatic carbocycles. The molecule has 1 heterocycles. The maximum atomic E-state index is 11.4. The van der Waals surface area contributed by atoms with Crippen molar-refractivity contribution in [1.82, 2.24) is 0 Å². The Kier molecular flexibility index (Phi) is 4.78. The number of Topliss-reactive ketones (excluding diaryl/α,β-unsaturated/α-hetero) is 1. The number of ether oxygens (including phenoxy) is 2. The summed E-state index contributed by atoms with van der Waals surface area (Å²) in [5.41, 5.74) is 1.97. The second-order valence-corrected chi connectivity index (χ2v) is 5.38. The molecule has 1 aliphatic heterocycles. The third-order valence-electron chi connectivity index (χ3n) is 3.36. The third kappa shape index (κ3) is 3.51. The Balaban J connectivity index is 2.30. The Morgan fingerprint density at radius 2 is 2.33 bits per heavy atom. The van der Waals surface area contributed by atoms with Crippen molar-refractivity contribution in [2.75, 3.05) is 13.2 Å². The van der Waals surface area contributed by atoms with Gasteiger partial charge in [0.1, 0.15) is 25.0 Å². The molecule has 0 radical (unpaired) electrons. The van der Waals surface area contributed by atoms with Crippen LogP contribution < -0.4 is 4.74 Å². The number of benzene rings is 1. The van der Waals surface area contributed by atoms with Crippen LogP contribution in [-0.4, -0.2) is 30.9 Å². The molecule has 0 fully saturated rings. The molecule has 0 saturated heterocycles. The first-order valence-electron chi connectivity index (χ1n) is 7.12. The SMILES string of the molecule is C=CCOc1ccc(C2=NC(C(C)=O)CO2)cc1C(C)C. The van der Waals surface area contributed by atoms with Crippen LogP contribution in [0, 0.1) is 0 Å². The van der Waals surface area contributed by atoms with Gasteiger partial charge in [0.2, 0.25) is 5.90 Å². The van der Waals surface area contributed by atoms with Crippen molar-refractivity contribution in [3.05, 3.63) is 42.0 Å².